The molecular weight excluding hydrogens is 268 g/mol. The molecule has 1 N–H and O–H groups in total. The average molecular weight is 292 g/mol. The van der Waals surface area contributed by atoms with Gasteiger partial charge in [-0.05, 0) is 42.7 Å². The second kappa shape index (κ2) is 6.43. The molecule has 1 saturated carbocycles. The molecule has 0 heterocycles. The Kier molecular flexibility index (Phi) is 4.83. The van der Waals surface area contributed by atoms with Crippen LogP contribution in [-0.2, 0) is 11.3 Å². The maximum atomic E-state index is 11.0. The summed E-state index contributed by atoms with van der Waals surface area (Å²) in [6, 6.07) is 5.21. The molecule has 5 heteroatoms. The smallest absolute Gasteiger partial charge is 0.292 e. The molecule has 5 nitrogen and oxygen atoms in total. The minimum Gasteiger partial charge on any atom is -0.383 e. The molecule has 1 aliphatic rings. The molecule has 0 radical (unpaired) electrons. The van der Waals surface area contributed by atoms with Gasteiger partial charge in [-0.1, -0.05) is 19.9 Å². The van der Waals surface area contributed by atoms with Crippen LogP contribution in [0.1, 0.15) is 45.1 Å². The van der Waals surface area contributed by atoms with Crippen molar-refractivity contribution in [2.45, 2.75) is 52.2 Å². The predicted octanol–water partition coefficient (Wildman–Crippen LogP) is 4.12. The summed E-state index contributed by atoms with van der Waals surface area (Å²) in [5.41, 5.74) is 1.91. The first-order valence-electron chi connectivity index (χ1n) is 7.48. The number of nitrogens with zero attached hydrogens (tertiary/aromatic N) is 1. The number of benzene rings is 1. The molecule has 0 bridgehead atoms. The van der Waals surface area contributed by atoms with Crippen LogP contribution in [0.4, 0.5) is 11.4 Å². The van der Waals surface area contributed by atoms with Crippen LogP contribution < -0.4 is 5.32 Å². The third kappa shape index (κ3) is 4.17. The minimum absolute atomic E-state index is 0.100. The van der Waals surface area contributed by atoms with Gasteiger partial charge in [-0.2, -0.15) is 0 Å². The summed E-state index contributed by atoms with van der Waals surface area (Å²) in [4.78, 5) is 10.7. The Morgan fingerprint density at radius 2 is 2.05 bits per heavy atom. The van der Waals surface area contributed by atoms with Crippen LogP contribution >= 0.6 is 0 Å². The fourth-order valence-corrected chi connectivity index (χ4v) is 2.78. The summed E-state index contributed by atoms with van der Waals surface area (Å²) in [7, 11) is 1.68. The largest absolute Gasteiger partial charge is 0.383 e. The second-order valence-corrected chi connectivity index (χ2v) is 6.53. The third-order valence-corrected chi connectivity index (χ3v) is 4.30. The third-order valence-electron chi connectivity index (χ3n) is 4.30. The zero-order chi connectivity index (χ0) is 15.5. The normalized spacial score (nSPS) is 18.4. The Hall–Kier alpha value is -1.62. The lowest BCUT2D eigenvalue weighted by molar-refractivity contribution is -0.384. The first kappa shape index (κ1) is 15.8. The predicted molar refractivity (Wildman–Crippen MR) is 83.5 cm³/mol. The van der Waals surface area contributed by atoms with Crippen molar-refractivity contribution in [1.82, 2.24) is 0 Å². The van der Waals surface area contributed by atoms with Crippen molar-refractivity contribution in [3.63, 3.8) is 0 Å². The number of nitrogens with one attached hydrogen (secondary N) is 1. The van der Waals surface area contributed by atoms with Crippen LogP contribution in [0.5, 0.6) is 0 Å². The van der Waals surface area contributed by atoms with E-state index in [0.29, 0.717) is 17.7 Å². The Labute approximate surface area is 125 Å². The van der Waals surface area contributed by atoms with E-state index in [-0.39, 0.29) is 16.7 Å². The molecule has 1 aromatic rings. The Morgan fingerprint density at radius 1 is 1.38 bits per heavy atom. The Bertz CT molecular complexity index is 504. The van der Waals surface area contributed by atoms with E-state index in [4.69, 9.17) is 4.74 Å². The topological polar surface area (TPSA) is 64.4 Å². The molecule has 0 saturated heterocycles. The number of hydrogen-bond acceptors (Lipinski definition) is 4. The molecule has 1 aliphatic carbocycles. The molecule has 0 atom stereocenters. The van der Waals surface area contributed by atoms with Crippen LogP contribution in [0.3, 0.4) is 0 Å². The molecular formula is C16H24N2O3. The molecule has 0 spiro atoms. The van der Waals surface area contributed by atoms with E-state index in [1.54, 1.807) is 19.2 Å². The maximum absolute atomic E-state index is 11.0. The Morgan fingerprint density at radius 3 is 2.62 bits per heavy atom. The van der Waals surface area contributed by atoms with Gasteiger partial charge in [0, 0.05) is 13.1 Å². The zero-order valence-corrected chi connectivity index (χ0v) is 13.0. The van der Waals surface area contributed by atoms with E-state index in [1.807, 2.05) is 6.07 Å². The van der Waals surface area contributed by atoms with Gasteiger partial charge in [0.25, 0.3) is 5.69 Å². The van der Waals surface area contributed by atoms with Crippen molar-refractivity contribution in [2.75, 3.05) is 12.4 Å². The van der Waals surface area contributed by atoms with E-state index in [0.717, 1.165) is 18.4 Å². The number of ether oxygens (including phenoxy) is 1. The van der Waals surface area contributed by atoms with Crippen LogP contribution in [0.25, 0.3) is 0 Å². The van der Waals surface area contributed by atoms with Gasteiger partial charge in [0.05, 0.1) is 17.6 Å². The lowest BCUT2D eigenvalue weighted by Gasteiger charge is -2.34. The fourth-order valence-electron chi connectivity index (χ4n) is 2.78. The van der Waals surface area contributed by atoms with Crippen LogP contribution in [-0.4, -0.2) is 18.1 Å². The zero-order valence-electron chi connectivity index (χ0n) is 13.0. The van der Waals surface area contributed by atoms with Gasteiger partial charge >= 0.3 is 0 Å². The maximum Gasteiger partial charge on any atom is 0.292 e. The highest BCUT2D eigenvalue weighted by Gasteiger charge is 2.27. The molecule has 0 aliphatic heterocycles. The number of rotatable bonds is 5. The Balaban J connectivity index is 1.95. The van der Waals surface area contributed by atoms with E-state index in [2.05, 4.69) is 19.2 Å². The van der Waals surface area contributed by atoms with E-state index in [1.165, 1.54) is 12.8 Å². The summed E-state index contributed by atoms with van der Waals surface area (Å²) in [6.07, 6.45) is 4.78. The summed E-state index contributed by atoms with van der Waals surface area (Å²) in [5, 5.41) is 13.9. The molecule has 0 aromatic heterocycles. The van der Waals surface area contributed by atoms with Gasteiger partial charge < -0.3 is 10.1 Å². The van der Waals surface area contributed by atoms with Gasteiger partial charge in [0.1, 0.15) is 5.69 Å². The number of hydrogen-bond donors (Lipinski definition) is 1. The first-order chi connectivity index (χ1) is 9.91. The van der Waals surface area contributed by atoms with Gasteiger partial charge in [-0.15, -0.1) is 0 Å². The van der Waals surface area contributed by atoms with Gasteiger partial charge in [0.15, 0.2) is 0 Å². The molecule has 116 valence electrons. The highest BCUT2D eigenvalue weighted by atomic mass is 16.6. The molecule has 21 heavy (non-hydrogen) atoms. The molecule has 2 rings (SSSR count). The summed E-state index contributed by atoms with van der Waals surface area (Å²) in [5.74, 6) is 0. The monoisotopic (exact) mass is 292 g/mol. The SMILES string of the molecule is CNc1ccc(COC2CCC(C)(C)CC2)cc1[N+](=O)[O-]. The van der Waals surface area contributed by atoms with E-state index in [9.17, 15) is 10.1 Å². The summed E-state index contributed by atoms with van der Waals surface area (Å²) >= 11 is 0. The van der Waals surface area contributed by atoms with Gasteiger partial charge in [0.2, 0.25) is 0 Å². The quantitative estimate of drug-likeness (QED) is 0.655. The van der Waals surface area contributed by atoms with Crippen molar-refractivity contribution < 1.29 is 9.66 Å². The summed E-state index contributed by atoms with van der Waals surface area (Å²) in [6.45, 7) is 5.03. The van der Waals surface area contributed by atoms with Crippen molar-refractivity contribution in [2.24, 2.45) is 5.41 Å². The highest BCUT2D eigenvalue weighted by molar-refractivity contribution is 5.62. The highest BCUT2D eigenvalue weighted by Crippen LogP contribution is 2.36. The van der Waals surface area contributed by atoms with Gasteiger partial charge in [-0.25, -0.2) is 0 Å². The van der Waals surface area contributed by atoms with Gasteiger partial charge in [-0.3, -0.25) is 10.1 Å². The molecule has 1 aromatic carbocycles. The lowest BCUT2D eigenvalue weighted by atomic mass is 9.76. The standard InChI is InChI=1S/C16H24N2O3/c1-16(2)8-6-13(7-9-16)21-11-12-4-5-14(17-3)15(10-12)18(19)20/h4-5,10,13,17H,6-9,11H2,1-3H3. The van der Waals surface area contributed by atoms with Crippen LogP contribution in [0, 0.1) is 15.5 Å². The van der Waals surface area contributed by atoms with Crippen molar-refractivity contribution in [3.8, 4) is 0 Å². The first-order valence-corrected chi connectivity index (χ1v) is 7.48. The fraction of sp³-hybridized carbons (Fsp3) is 0.625. The number of nitro groups is 1. The minimum atomic E-state index is -0.363. The summed E-state index contributed by atoms with van der Waals surface area (Å²) < 4.78 is 5.93. The van der Waals surface area contributed by atoms with Crippen molar-refractivity contribution in [1.29, 1.82) is 0 Å². The molecule has 1 fully saturated rings. The number of nitro benzene ring substituents is 1. The average Bonchev–Trinajstić information content (AvgIpc) is 2.45. The van der Waals surface area contributed by atoms with E-state index >= 15 is 0 Å². The van der Waals surface area contributed by atoms with Crippen molar-refractivity contribution in [3.05, 3.63) is 33.9 Å². The van der Waals surface area contributed by atoms with Crippen LogP contribution in [0.2, 0.25) is 0 Å². The van der Waals surface area contributed by atoms with E-state index < -0.39 is 0 Å². The van der Waals surface area contributed by atoms with Crippen molar-refractivity contribution >= 4 is 11.4 Å². The molecule has 0 amide bonds. The second-order valence-electron chi connectivity index (χ2n) is 6.53. The number of anilines is 1. The lowest BCUT2D eigenvalue weighted by Crippen LogP contribution is -2.26. The molecule has 0 unspecified atom stereocenters. The van der Waals surface area contributed by atoms with Crippen LogP contribution in [0.15, 0.2) is 18.2 Å².